The monoisotopic (exact) mass is 312 g/mol. The molecule has 7 heteroatoms. The third-order valence-corrected chi connectivity index (χ3v) is 2.94. The Bertz CT molecular complexity index is 630. The summed E-state index contributed by atoms with van der Waals surface area (Å²) in [5.74, 6) is -0.666. The predicted octanol–water partition coefficient (Wildman–Crippen LogP) is 1.89. The second-order valence-corrected chi connectivity index (χ2v) is 4.22. The van der Waals surface area contributed by atoms with E-state index < -0.39 is 5.97 Å². The first kappa shape index (κ1) is 12.6. The molecule has 2 aromatic rings. The summed E-state index contributed by atoms with van der Waals surface area (Å²) in [6.45, 7) is 0. The highest BCUT2D eigenvalue weighted by atomic mass is 79.9. The summed E-state index contributed by atoms with van der Waals surface area (Å²) in [6, 6.07) is 3.21. The van der Waals surface area contributed by atoms with Crippen LogP contribution in [0.3, 0.4) is 0 Å². The van der Waals surface area contributed by atoms with Crippen LogP contribution in [0.2, 0.25) is 0 Å². The van der Waals surface area contributed by atoms with Crippen LogP contribution < -0.4 is 4.74 Å². The number of halogens is 1. The molecule has 0 saturated carbocycles. The molecule has 1 aromatic heterocycles. The number of esters is 1. The van der Waals surface area contributed by atoms with E-state index in [1.807, 2.05) is 0 Å². The molecule has 1 aromatic carbocycles. The van der Waals surface area contributed by atoms with Gasteiger partial charge >= 0.3 is 5.97 Å². The quantitative estimate of drug-likeness (QED) is 0.853. The van der Waals surface area contributed by atoms with Gasteiger partial charge in [-0.2, -0.15) is 4.98 Å². The van der Waals surface area contributed by atoms with E-state index in [1.165, 1.54) is 14.2 Å². The minimum Gasteiger partial charge on any atom is -0.495 e. The van der Waals surface area contributed by atoms with Crippen LogP contribution >= 0.6 is 15.9 Å². The van der Waals surface area contributed by atoms with Gasteiger partial charge in [-0.1, -0.05) is 0 Å². The zero-order valence-electron chi connectivity index (χ0n) is 9.60. The highest BCUT2D eigenvalue weighted by Gasteiger charge is 2.15. The third kappa shape index (κ3) is 2.08. The van der Waals surface area contributed by atoms with E-state index in [0.29, 0.717) is 21.1 Å². The third-order valence-electron chi connectivity index (χ3n) is 2.32. The van der Waals surface area contributed by atoms with Crippen LogP contribution in [0.25, 0.3) is 10.9 Å². The molecule has 0 spiro atoms. The number of nitrogens with zero attached hydrogens (tertiary/aromatic N) is 2. The van der Waals surface area contributed by atoms with Crippen molar-refractivity contribution in [2.24, 2.45) is 0 Å². The Labute approximate surface area is 111 Å². The maximum atomic E-state index is 11.3. The van der Waals surface area contributed by atoms with Crippen molar-refractivity contribution < 1.29 is 19.4 Å². The zero-order valence-corrected chi connectivity index (χ0v) is 11.2. The fourth-order valence-corrected chi connectivity index (χ4v) is 1.96. The summed E-state index contributed by atoms with van der Waals surface area (Å²) >= 11 is 3.29. The number of rotatable bonds is 2. The van der Waals surface area contributed by atoms with Gasteiger partial charge in [-0.3, -0.25) is 0 Å². The van der Waals surface area contributed by atoms with Gasteiger partial charge in [0.15, 0.2) is 0 Å². The van der Waals surface area contributed by atoms with E-state index in [4.69, 9.17) is 4.74 Å². The molecule has 0 saturated heterocycles. The zero-order chi connectivity index (χ0) is 13.3. The molecule has 1 N–H and O–H groups in total. The van der Waals surface area contributed by atoms with Crippen molar-refractivity contribution in [2.45, 2.75) is 0 Å². The van der Waals surface area contributed by atoms with Gasteiger partial charge in [0.1, 0.15) is 5.75 Å². The van der Waals surface area contributed by atoms with Crippen LogP contribution in [0, 0.1) is 0 Å². The van der Waals surface area contributed by atoms with Crippen molar-refractivity contribution in [3.05, 3.63) is 22.4 Å². The lowest BCUT2D eigenvalue weighted by Gasteiger charge is -2.07. The number of ether oxygens (including phenoxy) is 2. The summed E-state index contributed by atoms with van der Waals surface area (Å²) in [4.78, 5) is 19.0. The lowest BCUT2D eigenvalue weighted by atomic mass is 10.2. The minimum absolute atomic E-state index is 0.202. The molecule has 0 amide bonds. The Morgan fingerprint density at radius 3 is 2.67 bits per heavy atom. The van der Waals surface area contributed by atoms with Crippen LogP contribution in [0.1, 0.15) is 10.6 Å². The van der Waals surface area contributed by atoms with Crippen molar-refractivity contribution >= 4 is 32.8 Å². The molecule has 0 aliphatic heterocycles. The molecule has 0 unspecified atom stereocenters. The van der Waals surface area contributed by atoms with Crippen molar-refractivity contribution in [3.63, 3.8) is 0 Å². The number of hydrogen-bond donors (Lipinski definition) is 1. The van der Waals surface area contributed by atoms with Crippen LogP contribution in [0.4, 0.5) is 0 Å². The van der Waals surface area contributed by atoms with Crippen LogP contribution in [0.15, 0.2) is 16.6 Å². The Kier molecular flexibility index (Phi) is 3.33. The number of methoxy groups -OCH3 is 2. The van der Waals surface area contributed by atoms with Crippen molar-refractivity contribution in [3.8, 4) is 11.6 Å². The molecular formula is C11H9BrN2O4. The van der Waals surface area contributed by atoms with Gasteiger partial charge in [0.05, 0.1) is 29.6 Å². The van der Waals surface area contributed by atoms with E-state index in [2.05, 4.69) is 30.6 Å². The number of carbonyl (C=O) groups is 1. The lowest BCUT2D eigenvalue weighted by Crippen LogP contribution is -2.07. The van der Waals surface area contributed by atoms with Gasteiger partial charge in [-0.25, -0.2) is 9.78 Å². The normalized spacial score (nSPS) is 10.4. The van der Waals surface area contributed by atoms with Crippen LogP contribution in [-0.4, -0.2) is 35.3 Å². The number of carbonyl (C=O) groups excluding carboxylic acids is 1. The van der Waals surface area contributed by atoms with Crippen LogP contribution in [0.5, 0.6) is 11.6 Å². The first-order chi connectivity index (χ1) is 8.56. The highest BCUT2D eigenvalue weighted by molar-refractivity contribution is 9.10. The molecule has 0 aliphatic rings. The molecule has 0 radical (unpaired) electrons. The van der Waals surface area contributed by atoms with Gasteiger partial charge < -0.3 is 14.6 Å². The fourth-order valence-electron chi connectivity index (χ4n) is 1.45. The highest BCUT2D eigenvalue weighted by Crippen LogP contribution is 2.32. The second kappa shape index (κ2) is 4.77. The summed E-state index contributed by atoms with van der Waals surface area (Å²) in [5, 5.41) is 10.2. The van der Waals surface area contributed by atoms with Gasteiger partial charge in [0, 0.05) is 6.07 Å². The number of aromatic nitrogens is 2. The van der Waals surface area contributed by atoms with E-state index in [9.17, 15) is 9.90 Å². The smallest absolute Gasteiger partial charge is 0.376 e. The van der Waals surface area contributed by atoms with E-state index >= 15 is 0 Å². The summed E-state index contributed by atoms with van der Waals surface area (Å²) < 4.78 is 10.3. The molecule has 1 heterocycles. The second-order valence-electron chi connectivity index (χ2n) is 3.37. The molecule has 2 rings (SSSR count). The number of aromatic hydroxyl groups is 1. The molecule has 94 valence electrons. The maximum absolute atomic E-state index is 11.3. The average molecular weight is 313 g/mol. The number of fused-ring (bicyclic) bond motifs is 1. The molecule has 0 bridgehead atoms. The lowest BCUT2D eigenvalue weighted by molar-refractivity contribution is 0.0586. The first-order valence-corrected chi connectivity index (χ1v) is 5.68. The summed E-state index contributed by atoms with van der Waals surface area (Å²) in [6.07, 6.45) is 0. The molecule has 18 heavy (non-hydrogen) atoms. The number of benzene rings is 1. The van der Waals surface area contributed by atoms with Crippen LogP contribution in [-0.2, 0) is 4.74 Å². The Hall–Kier alpha value is -1.89. The standard InChI is InChI=1S/C11H9BrN2O4/c1-17-8-4-7-5(3-6(8)12)10(15)14-9(13-7)11(16)18-2/h3-4H,1-2H3,(H,13,14,15). The maximum Gasteiger partial charge on any atom is 0.376 e. The SMILES string of the molecule is COC(=O)c1nc(O)c2cc(Br)c(OC)cc2n1. The van der Waals surface area contributed by atoms with Crippen molar-refractivity contribution in [1.82, 2.24) is 9.97 Å². The largest absolute Gasteiger partial charge is 0.495 e. The van der Waals surface area contributed by atoms with Crippen molar-refractivity contribution in [2.75, 3.05) is 14.2 Å². The van der Waals surface area contributed by atoms with E-state index in [-0.39, 0.29) is 11.7 Å². The fraction of sp³-hybridized carbons (Fsp3) is 0.182. The molecule has 6 nitrogen and oxygen atoms in total. The van der Waals surface area contributed by atoms with Gasteiger partial charge in [-0.05, 0) is 22.0 Å². The van der Waals surface area contributed by atoms with Crippen molar-refractivity contribution in [1.29, 1.82) is 0 Å². The van der Waals surface area contributed by atoms with E-state index in [1.54, 1.807) is 12.1 Å². The first-order valence-electron chi connectivity index (χ1n) is 4.89. The summed E-state index contributed by atoms with van der Waals surface area (Å²) in [7, 11) is 2.73. The predicted molar refractivity (Wildman–Crippen MR) is 66.8 cm³/mol. The molecule has 0 atom stereocenters. The Balaban J connectivity index is 2.71. The molecule has 0 fully saturated rings. The average Bonchev–Trinajstić information content (AvgIpc) is 2.37. The minimum atomic E-state index is -0.714. The Morgan fingerprint density at radius 1 is 1.33 bits per heavy atom. The molecule has 0 aliphatic carbocycles. The van der Waals surface area contributed by atoms with Gasteiger partial charge in [-0.15, -0.1) is 0 Å². The topological polar surface area (TPSA) is 81.5 Å². The molecular weight excluding hydrogens is 304 g/mol. The number of hydrogen-bond acceptors (Lipinski definition) is 6. The summed E-state index contributed by atoms with van der Waals surface area (Å²) in [5.41, 5.74) is 0.392. The van der Waals surface area contributed by atoms with E-state index in [0.717, 1.165) is 0 Å². The Morgan fingerprint density at radius 2 is 2.06 bits per heavy atom. The van der Waals surface area contributed by atoms with Gasteiger partial charge in [0.2, 0.25) is 11.7 Å². The van der Waals surface area contributed by atoms with Gasteiger partial charge in [0.25, 0.3) is 0 Å².